The fourth-order valence-electron chi connectivity index (χ4n) is 0.812. The number of hydrogen-bond acceptors (Lipinski definition) is 3. The first kappa shape index (κ1) is 8.46. The maximum Gasteiger partial charge on any atom is 0.149 e. The summed E-state index contributed by atoms with van der Waals surface area (Å²) in [6, 6.07) is 3.70. The lowest BCUT2D eigenvalue weighted by molar-refractivity contribution is 1.20. The van der Waals surface area contributed by atoms with Crippen LogP contribution in [-0.2, 0) is 0 Å². The molecule has 12 heavy (non-hydrogen) atoms. The predicted octanol–water partition coefficient (Wildman–Crippen LogP) is 1.86. The molecule has 0 aliphatic rings. The molecule has 0 amide bonds. The maximum atomic E-state index is 5.60. The van der Waals surface area contributed by atoms with Gasteiger partial charge in [0.25, 0.3) is 0 Å². The van der Waals surface area contributed by atoms with Gasteiger partial charge >= 0.3 is 0 Å². The predicted molar refractivity (Wildman–Crippen MR) is 51.7 cm³/mol. The van der Waals surface area contributed by atoms with Crippen LogP contribution < -0.4 is 5.73 Å². The highest BCUT2D eigenvalue weighted by molar-refractivity contribution is 5.76. The third kappa shape index (κ3) is 1.92. The van der Waals surface area contributed by atoms with E-state index in [1.54, 1.807) is 12.3 Å². The number of rotatable bonds is 2. The molecule has 0 aromatic carbocycles. The van der Waals surface area contributed by atoms with Gasteiger partial charge in [-0.15, -0.1) is 0 Å². The first-order chi connectivity index (χ1) is 5.74. The molecule has 0 aliphatic heterocycles. The van der Waals surface area contributed by atoms with Gasteiger partial charge in [0.2, 0.25) is 0 Å². The highest BCUT2D eigenvalue weighted by Gasteiger charge is 1.95. The largest absolute Gasteiger partial charge is 0.382 e. The summed E-state index contributed by atoms with van der Waals surface area (Å²) in [7, 11) is 0. The van der Waals surface area contributed by atoms with Crippen LogP contribution in [0.1, 0.15) is 5.69 Å². The van der Waals surface area contributed by atoms with Gasteiger partial charge in [-0.3, -0.25) is 4.99 Å². The number of nitrogens with zero attached hydrogens (tertiary/aromatic N) is 2. The Morgan fingerprint density at radius 3 is 2.92 bits per heavy atom. The minimum absolute atomic E-state index is 0.452. The second kappa shape index (κ2) is 3.67. The summed E-state index contributed by atoms with van der Waals surface area (Å²) in [5, 5.41) is 0. The van der Waals surface area contributed by atoms with E-state index in [4.69, 9.17) is 5.73 Å². The van der Waals surface area contributed by atoms with Crippen molar-refractivity contribution < 1.29 is 0 Å². The van der Waals surface area contributed by atoms with Crippen LogP contribution in [0.15, 0.2) is 29.8 Å². The van der Waals surface area contributed by atoms with Crippen LogP contribution in [0.3, 0.4) is 0 Å². The van der Waals surface area contributed by atoms with Crippen molar-refractivity contribution in [1.29, 1.82) is 0 Å². The molecular formula is C9H11N3. The Bertz CT molecular complexity index is 316. The minimum atomic E-state index is 0.452. The minimum Gasteiger partial charge on any atom is -0.382 e. The summed E-state index contributed by atoms with van der Waals surface area (Å²) < 4.78 is 0. The fourth-order valence-corrected chi connectivity index (χ4v) is 0.812. The van der Waals surface area contributed by atoms with Crippen LogP contribution in [0, 0.1) is 6.92 Å². The number of hydrogen-bond donors (Lipinski definition) is 1. The standard InChI is InChI=1S/C9H11N3/c1-3-6-11-8-5-4-7(2)12-9(8)10/h3-6H,1H2,2H3,(H2,10,12)/b11-6-. The highest BCUT2D eigenvalue weighted by atomic mass is 14.9. The van der Waals surface area contributed by atoms with E-state index in [1.807, 2.05) is 19.1 Å². The van der Waals surface area contributed by atoms with Crippen molar-refractivity contribution in [2.45, 2.75) is 6.92 Å². The third-order valence-electron chi connectivity index (χ3n) is 1.36. The van der Waals surface area contributed by atoms with Gasteiger partial charge in [-0.25, -0.2) is 4.98 Å². The monoisotopic (exact) mass is 161 g/mol. The van der Waals surface area contributed by atoms with Crippen LogP contribution in [0.4, 0.5) is 11.5 Å². The van der Waals surface area contributed by atoms with Gasteiger partial charge in [-0.05, 0) is 19.1 Å². The van der Waals surface area contributed by atoms with Gasteiger partial charge < -0.3 is 5.73 Å². The lowest BCUT2D eigenvalue weighted by Gasteiger charge is -1.98. The molecule has 1 aromatic heterocycles. The number of nitrogens with two attached hydrogens (primary N) is 1. The molecule has 2 N–H and O–H groups in total. The Balaban J connectivity index is 3.01. The third-order valence-corrected chi connectivity index (χ3v) is 1.36. The van der Waals surface area contributed by atoms with Crippen molar-refractivity contribution in [3.63, 3.8) is 0 Å². The van der Waals surface area contributed by atoms with E-state index in [1.165, 1.54) is 0 Å². The molecule has 0 bridgehead atoms. The number of aryl methyl sites for hydroxylation is 1. The van der Waals surface area contributed by atoms with Crippen LogP contribution in [0.25, 0.3) is 0 Å². The van der Waals surface area contributed by atoms with Gasteiger partial charge in [0.05, 0.1) is 0 Å². The summed E-state index contributed by atoms with van der Waals surface area (Å²) in [6.07, 6.45) is 3.18. The molecule has 3 nitrogen and oxygen atoms in total. The molecule has 0 aliphatic carbocycles. The summed E-state index contributed by atoms with van der Waals surface area (Å²) in [6.45, 7) is 5.40. The molecule has 0 atom stereocenters. The van der Waals surface area contributed by atoms with E-state index in [0.717, 1.165) is 5.69 Å². The van der Waals surface area contributed by atoms with E-state index >= 15 is 0 Å². The summed E-state index contributed by atoms with van der Waals surface area (Å²) >= 11 is 0. The van der Waals surface area contributed by atoms with E-state index in [-0.39, 0.29) is 0 Å². The molecule has 0 fully saturated rings. The SMILES string of the molecule is C=C/C=N\c1ccc(C)nc1N. The Kier molecular flexibility index (Phi) is 2.58. The molecule has 0 saturated heterocycles. The molecule has 0 radical (unpaired) electrons. The smallest absolute Gasteiger partial charge is 0.149 e. The molecule has 1 heterocycles. The van der Waals surface area contributed by atoms with Gasteiger partial charge in [-0.2, -0.15) is 0 Å². The lowest BCUT2D eigenvalue weighted by Crippen LogP contribution is -1.91. The summed E-state index contributed by atoms with van der Waals surface area (Å²) in [5.41, 5.74) is 7.18. The number of aromatic nitrogens is 1. The van der Waals surface area contributed by atoms with E-state index < -0.39 is 0 Å². The van der Waals surface area contributed by atoms with Crippen LogP contribution in [0.5, 0.6) is 0 Å². The Labute approximate surface area is 71.7 Å². The van der Waals surface area contributed by atoms with Gasteiger partial charge in [0, 0.05) is 11.9 Å². The Morgan fingerprint density at radius 2 is 2.33 bits per heavy atom. The average molecular weight is 161 g/mol. The van der Waals surface area contributed by atoms with Crippen LogP contribution >= 0.6 is 0 Å². The molecular weight excluding hydrogens is 150 g/mol. The fraction of sp³-hybridized carbons (Fsp3) is 0.111. The molecule has 3 heteroatoms. The first-order valence-electron chi connectivity index (χ1n) is 3.62. The van der Waals surface area contributed by atoms with Gasteiger partial charge in [0.15, 0.2) is 0 Å². The maximum absolute atomic E-state index is 5.60. The number of anilines is 1. The van der Waals surface area contributed by atoms with E-state index in [2.05, 4.69) is 16.6 Å². The molecule has 0 saturated carbocycles. The number of pyridine rings is 1. The van der Waals surface area contributed by atoms with Gasteiger partial charge in [0.1, 0.15) is 11.5 Å². The zero-order valence-electron chi connectivity index (χ0n) is 6.99. The van der Waals surface area contributed by atoms with Crippen molar-refractivity contribution in [1.82, 2.24) is 4.98 Å². The zero-order valence-corrected chi connectivity index (χ0v) is 6.99. The topological polar surface area (TPSA) is 51.3 Å². The quantitative estimate of drug-likeness (QED) is 0.673. The molecule has 62 valence electrons. The lowest BCUT2D eigenvalue weighted by atomic mass is 10.3. The molecule has 0 spiro atoms. The molecule has 1 rings (SSSR count). The normalized spacial score (nSPS) is 10.4. The van der Waals surface area contributed by atoms with E-state index in [9.17, 15) is 0 Å². The van der Waals surface area contributed by atoms with Crippen molar-refractivity contribution in [3.8, 4) is 0 Å². The summed E-state index contributed by atoms with van der Waals surface area (Å²) in [5.74, 6) is 0.452. The highest BCUT2D eigenvalue weighted by Crippen LogP contribution is 2.18. The molecule has 1 aromatic rings. The van der Waals surface area contributed by atoms with Crippen molar-refractivity contribution in [2.24, 2.45) is 4.99 Å². The number of nitrogen functional groups attached to an aromatic ring is 1. The second-order valence-corrected chi connectivity index (χ2v) is 2.37. The first-order valence-corrected chi connectivity index (χ1v) is 3.62. The Hall–Kier alpha value is -1.64. The number of allylic oxidation sites excluding steroid dienone is 1. The van der Waals surface area contributed by atoms with Crippen LogP contribution in [-0.4, -0.2) is 11.2 Å². The molecule has 0 unspecified atom stereocenters. The second-order valence-electron chi connectivity index (χ2n) is 2.37. The van der Waals surface area contributed by atoms with Gasteiger partial charge in [-0.1, -0.05) is 12.7 Å². The van der Waals surface area contributed by atoms with E-state index in [0.29, 0.717) is 11.5 Å². The average Bonchev–Trinajstić information content (AvgIpc) is 2.03. The van der Waals surface area contributed by atoms with Crippen LogP contribution in [0.2, 0.25) is 0 Å². The number of aliphatic imine (C=N–C) groups is 1. The zero-order chi connectivity index (χ0) is 8.97. The van der Waals surface area contributed by atoms with Crippen molar-refractivity contribution in [3.05, 3.63) is 30.5 Å². The summed E-state index contributed by atoms with van der Waals surface area (Å²) in [4.78, 5) is 8.09. The van der Waals surface area contributed by atoms with Crippen molar-refractivity contribution in [2.75, 3.05) is 5.73 Å². The Morgan fingerprint density at radius 1 is 1.58 bits per heavy atom. The van der Waals surface area contributed by atoms with Crippen molar-refractivity contribution >= 4 is 17.7 Å².